The third kappa shape index (κ3) is 5.64. The highest BCUT2D eigenvalue weighted by atomic mass is 32.1. The normalized spacial score (nSPS) is 13.2. The first-order valence-corrected chi connectivity index (χ1v) is 7.15. The smallest absolute Gasteiger partial charge is 0.0590 e. The van der Waals surface area contributed by atoms with Crippen LogP contribution in [0.2, 0.25) is 0 Å². The van der Waals surface area contributed by atoms with Crippen LogP contribution in [0.25, 0.3) is 0 Å². The van der Waals surface area contributed by atoms with E-state index in [0.717, 1.165) is 32.8 Å². The number of ether oxygens (including phenoxy) is 1. The average Bonchev–Trinajstić information content (AvgIpc) is 2.86. The molecular weight excluding hydrogens is 232 g/mol. The van der Waals surface area contributed by atoms with Crippen molar-refractivity contribution in [1.29, 1.82) is 0 Å². The second-order valence-electron chi connectivity index (χ2n) is 4.12. The predicted molar refractivity (Wildman–Crippen MR) is 74.7 cm³/mol. The molecule has 0 aliphatic heterocycles. The van der Waals surface area contributed by atoms with E-state index >= 15 is 0 Å². The summed E-state index contributed by atoms with van der Waals surface area (Å²) in [6.45, 7) is 8.90. The van der Waals surface area contributed by atoms with Gasteiger partial charge in [0.25, 0.3) is 0 Å². The number of rotatable bonds is 9. The van der Waals surface area contributed by atoms with Crippen molar-refractivity contribution in [2.45, 2.75) is 19.9 Å². The first-order chi connectivity index (χ1) is 8.25. The van der Waals surface area contributed by atoms with E-state index in [1.807, 2.05) is 18.3 Å². The van der Waals surface area contributed by atoms with Crippen LogP contribution in [0.3, 0.4) is 0 Å². The molecule has 0 fully saturated rings. The Morgan fingerprint density at radius 2 is 2.29 bits per heavy atom. The Labute approximate surface area is 109 Å². The molecule has 0 aromatic carbocycles. The summed E-state index contributed by atoms with van der Waals surface area (Å²) in [5, 5.41) is 5.53. The van der Waals surface area contributed by atoms with Gasteiger partial charge < -0.3 is 10.1 Å². The molecule has 4 heteroatoms. The summed E-state index contributed by atoms with van der Waals surface area (Å²) >= 11 is 1.83. The zero-order valence-corrected chi connectivity index (χ0v) is 11.9. The molecule has 0 radical (unpaired) electrons. The summed E-state index contributed by atoms with van der Waals surface area (Å²) in [6, 6.07) is 4.82. The Balaban J connectivity index is 2.10. The van der Waals surface area contributed by atoms with Gasteiger partial charge in [0.1, 0.15) is 0 Å². The quantitative estimate of drug-likeness (QED) is 0.687. The lowest BCUT2D eigenvalue weighted by Gasteiger charge is -2.23. The van der Waals surface area contributed by atoms with Crippen LogP contribution in [0.5, 0.6) is 0 Å². The van der Waals surface area contributed by atoms with E-state index in [1.54, 1.807) is 0 Å². The highest BCUT2D eigenvalue weighted by Crippen LogP contribution is 2.22. The number of nitrogens with one attached hydrogen (secondary N) is 1. The monoisotopic (exact) mass is 256 g/mol. The number of nitrogens with zero attached hydrogens (tertiary/aromatic N) is 1. The molecular formula is C13H24N2OS. The lowest BCUT2D eigenvalue weighted by molar-refractivity contribution is 0.148. The molecule has 98 valence electrons. The van der Waals surface area contributed by atoms with Crippen LogP contribution in [0.15, 0.2) is 17.5 Å². The van der Waals surface area contributed by atoms with Gasteiger partial charge in [-0.2, -0.15) is 0 Å². The maximum atomic E-state index is 5.27. The molecule has 1 aromatic rings. The fraction of sp³-hybridized carbons (Fsp3) is 0.692. The molecule has 17 heavy (non-hydrogen) atoms. The Morgan fingerprint density at radius 3 is 2.94 bits per heavy atom. The molecule has 0 amide bonds. The van der Waals surface area contributed by atoms with Gasteiger partial charge in [-0.3, -0.25) is 4.90 Å². The zero-order valence-electron chi connectivity index (χ0n) is 11.1. The van der Waals surface area contributed by atoms with Gasteiger partial charge in [0.15, 0.2) is 0 Å². The van der Waals surface area contributed by atoms with E-state index in [-0.39, 0.29) is 0 Å². The van der Waals surface area contributed by atoms with Crippen molar-refractivity contribution in [2.75, 3.05) is 39.9 Å². The third-order valence-corrected chi connectivity index (χ3v) is 3.93. The van der Waals surface area contributed by atoms with Crippen LogP contribution < -0.4 is 5.32 Å². The Morgan fingerprint density at radius 1 is 1.47 bits per heavy atom. The molecule has 0 aliphatic rings. The number of thiophene rings is 1. The predicted octanol–water partition coefficient (Wildman–Crippen LogP) is 2.37. The summed E-state index contributed by atoms with van der Waals surface area (Å²) in [7, 11) is 2.18. The summed E-state index contributed by atoms with van der Waals surface area (Å²) < 4.78 is 5.27. The highest BCUT2D eigenvalue weighted by Gasteiger charge is 2.11. The molecule has 1 heterocycles. The van der Waals surface area contributed by atoms with Crippen molar-refractivity contribution in [3.8, 4) is 0 Å². The highest BCUT2D eigenvalue weighted by molar-refractivity contribution is 7.10. The zero-order chi connectivity index (χ0) is 12.5. The van der Waals surface area contributed by atoms with Crippen molar-refractivity contribution < 1.29 is 4.74 Å². The molecule has 0 saturated carbocycles. The van der Waals surface area contributed by atoms with Gasteiger partial charge >= 0.3 is 0 Å². The van der Waals surface area contributed by atoms with Crippen molar-refractivity contribution in [2.24, 2.45) is 0 Å². The van der Waals surface area contributed by atoms with Crippen LogP contribution in [-0.2, 0) is 4.74 Å². The first kappa shape index (κ1) is 14.6. The molecule has 0 bridgehead atoms. The van der Waals surface area contributed by atoms with Crippen LogP contribution in [0, 0.1) is 0 Å². The van der Waals surface area contributed by atoms with Crippen LogP contribution in [0.1, 0.15) is 24.8 Å². The van der Waals surface area contributed by atoms with Gasteiger partial charge in [-0.05, 0) is 32.3 Å². The van der Waals surface area contributed by atoms with E-state index in [0.29, 0.717) is 6.04 Å². The Bertz CT molecular complexity index is 277. The molecule has 1 atom stereocenters. The molecule has 3 nitrogen and oxygen atoms in total. The standard InChI is InChI=1S/C13H24N2OS/c1-4-16-10-8-14-7-9-15(3)12(2)13-6-5-11-17-13/h5-6,11-12,14H,4,7-10H2,1-3H3. The van der Waals surface area contributed by atoms with Gasteiger partial charge in [-0.25, -0.2) is 0 Å². The minimum atomic E-state index is 0.503. The van der Waals surface area contributed by atoms with E-state index in [2.05, 4.69) is 41.7 Å². The number of hydrogen-bond donors (Lipinski definition) is 1. The molecule has 1 unspecified atom stereocenters. The van der Waals surface area contributed by atoms with E-state index < -0.39 is 0 Å². The van der Waals surface area contributed by atoms with Gasteiger partial charge in [0.2, 0.25) is 0 Å². The van der Waals surface area contributed by atoms with Crippen LogP contribution in [0.4, 0.5) is 0 Å². The second-order valence-corrected chi connectivity index (χ2v) is 5.10. The maximum absolute atomic E-state index is 5.27. The first-order valence-electron chi connectivity index (χ1n) is 6.27. The number of hydrogen-bond acceptors (Lipinski definition) is 4. The molecule has 1 aromatic heterocycles. The van der Waals surface area contributed by atoms with Crippen molar-refractivity contribution in [1.82, 2.24) is 10.2 Å². The molecule has 0 saturated heterocycles. The van der Waals surface area contributed by atoms with E-state index in [9.17, 15) is 0 Å². The van der Waals surface area contributed by atoms with Crippen molar-refractivity contribution in [3.63, 3.8) is 0 Å². The van der Waals surface area contributed by atoms with Gasteiger partial charge in [0, 0.05) is 37.2 Å². The largest absolute Gasteiger partial charge is 0.380 e. The van der Waals surface area contributed by atoms with Gasteiger partial charge in [-0.1, -0.05) is 6.07 Å². The Hall–Kier alpha value is -0.420. The molecule has 0 aliphatic carbocycles. The fourth-order valence-electron chi connectivity index (χ4n) is 1.61. The van der Waals surface area contributed by atoms with E-state index in [1.165, 1.54) is 4.88 Å². The minimum absolute atomic E-state index is 0.503. The second kappa shape index (κ2) is 8.64. The SMILES string of the molecule is CCOCCNCCN(C)C(C)c1cccs1. The van der Waals surface area contributed by atoms with Crippen LogP contribution in [-0.4, -0.2) is 44.8 Å². The topological polar surface area (TPSA) is 24.5 Å². The van der Waals surface area contributed by atoms with Gasteiger partial charge in [0.05, 0.1) is 6.61 Å². The van der Waals surface area contributed by atoms with Gasteiger partial charge in [-0.15, -0.1) is 11.3 Å². The summed E-state index contributed by atoms with van der Waals surface area (Å²) in [5.74, 6) is 0. The van der Waals surface area contributed by atoms with Crippen LogP contribution >= 0.6 is 11.3 Å². The fourth-order valence-corrected chi connectivity index (χ4v) is 2.46. The third-order valence-electron chi connectivity index (χ3n) is 2.88. The summed E-state index contributed by atoms with van der Waals surface area (Å²) in [5.41, 5.74) is 0. The van der Waals surface area contributed by atoms with Crippen molar-refractivity contribution in [3.05, 3.63) is 22.4 Å². The molecule has 1 N–H and O–H groups in total. The Kier molecular flexibility index (Phi) is 7.44. The molecule has 0 spiro atoms. The maximum Gasteiger partial charge on any atom is 0.0590 e. The lowest BCUT2D eigenvalue weighted by atomic mass is 10.2. The summed E-state index contributed by atoms with van der Waals surface area (Å²) in [4.78, 5) is 3.81. The lowest BCUT2D eigenvalue weighted by Crippen LogP contribution is -2.32. The van der Waals surface area contributed by atoms with E-state index in [4.69, 9.17) is 4.74 Å². The molecule has 1 rings (SSSR count). The van der Waals surface area contributed by atoms with Crippen molar-refractivity contribution >= 4 is 11.3 Å². The summed E-state index contributed by atoms with van der Waals surface area (Å²) in [6.07, 6.45) is 0. The average molecular weight is 256 g/mol. The number of likely N-dealkylation sites (N-methyl/N-ethyl adjacent to an activating group) is 1. The minimum Gasteiger partial charge on any atom is -0.380 e.